The number of nitrogens with one attached hydrogen (secondary N) is 2. The summed E-state index contributed by atoms with van der Waals surface area (Å²) >= 11 is 0. The molecule has 1 amide bonds. The van der Waals surface area contributed by atoms with Crippen molar-refractivity contribution in [2.75, 3.05) is 6.54 Å². The van der Waals surface area contributed by atoms with Gasteiger partial charge in [-0.15, -0.1) is 10.2 Å². The molecule has 0 bridgehead atoms. The summed E-state index contributed by atoms with van der Waals surface area (Å²) in [6.07, 6.45) is 4.78. The van der Waals surface area contributed by atoms with Gasteiger partial charge < -0.3 is 5.32 Å². The first kappa shape index (κ1) is 10.1. The summed E-state index contributed by atoms with van der Waals surface area (Å²) in [5.74, 6) is -0.131. The summed E-state index contributed by atoms with van der Waals surface area (Å²) in [6.45, 7) is 2.90. The lowest BCUT2D eigenvalue weighted by molar-refractivity contribution is 0.0933. The monoisotopic (exact) mass is 209 g/mol. The van der Waals surface area contributed by atoms with Crippen molar-refractivity contribution in [3.63, 3.8) is 0 Å². The molecule has 2 rings (SSSR count). The summed E-state index contributed by atoms with van der Waals surface area (Å²) in [4.78, 5) is 11.5. The number of aromatic amines is 1. The largest absolute Gasteiger partial charge is 0.349 e. The van der Waals surface area contributed by atoms with E-state index >= 15 is 0 Å². The van der Waals surface area contributed by atoms with E-state index in [1.165, 1.54) is 19.3 Å². The Morgan fingerprint density at radius 3 is 2.93 bits per heavy atom. The van der Waals surface area contributed by atoms with Crippen molar-refractivity contribution in [2.45, 2.75) is 32.6 Å². The van der Waals surface area contributed by atoms with Crippen LogP contribution in [-0.4, -0.2) is 33.1 Å². The Bertz CT molecular complexity index is 330. The summed E-state index contributed by atoms with van der Waals surface area (Å²) in [5.41, 5.74) is 0.355. The smallest absolute Gasteiger partial charge is 0.292 e. The Labute approximate surface area is 87.8 Å². The number of hydrogen-bond donors (Lipinski definition) is 2. The quantitative estimate of drug-likeness (QED) is 0.740. The second kappa shape index (κ2) is 3.96. The minimum atomic E-state index is -0.244. The van der Waals surface area contributed by atoms with Gasteiger partial charge >= 0.3 is 0 Å². The minimum absolute atomic E-state index is 0.113. The Morgan fingerprint density at radius 2 is 2.40 bits per heavy atom. The number of carbonyl (C=O) groups excluding carboxylic acids is 1. The van der Waals surface area contributed by atoms with E-state index in [1.807, 2.05) is 0 Å². The number of rotatable bonds is 5. The first-order chi connectivity index (χ1) is 7.26. The van der Waals surface area contributed by atoms with Gasteiger partial charge in [0.2, 0.25) is 0 Å². The minimum Gasteiger partial charge on any atom is -0.349 e. The van der Waals surface area contributed by atoms with Crippen LogP contribution in [0.25, 0.3) is 0 Å². The molecule has 1 aliphatic rings. The molecule has 0 radical (unpaired) electrons. The highest BCUT2D eigenvalue weighted by molar-refractivity contribution is 5.90. The highest BCUT2D eigenvalue weighted by Gasteiger charge is 2.41. The molecule has 0 saturated heterocycles. The third-order valence-electron chi connectivity index (χ3n) is 2.91. The number of nitrogens with zero attached hydrogens (tertiary/aromatic N) is 3. The molecule has 0 aliphatic heterocycles. The van der Waals surface area contributed by atoms with Gasteiger partial charge in [0, 0.05) is 6.54 Å². The average molecular weight is 209 g/mol. The molecule has 1 heterocycles. The zero-order chi connectivity index (χ0) is 10.7. The van der Waals surface area contributed by atoms with Gasteiger partial charge in [0.25, 0.3) is 11.7 Å². The average Bonchev–Trinajstić information content (AvgIpc) is 2.81. The molecule has 1 aliphatic carbocycles. The third kappa shape index (κ3) is 2.31. The molecule has 1 fully saturated rings. The number of amides is 1. The molecule has 0 unspecified atom stereocenters. The van der Waals surface area contributed by atoms with Crippen molar-refractivity contribution in [3.8, 4) is 0 Å². The summed E-state index contributed by atoms with van der Waals surface area (Å²) in [6, 6.07) is 0. The van der Waals surface area contributed by atoms with Crippen LogP contribution in [0.4, 0.5) is 0 Å². The van der Waals surface area contributed by atoms with Gasteiger partial charge in [0.1, 0.15) is 0 Å². The van der Waals surface area contributed by atoms with E-state index in [2.05, 4.69) is 32.9 Å². The van der Waals surface area contributed by atoms with Crippen LogP contribution >= 0.6 is 0 Å². The van der Waals surface area contributed by atoms with E-state index in [4.69, 9.17) is 0 Å². The molecule has 0 aromatic carbocycles. The molecule has 82 valence electrons. The van der Waals surface area contributed by atoms with Crippen molar-refractivity contribution < 1.29 is 4.79 Å². The van der Waals surface area contributed by atoms with Gasteiger partial charge in [0.15, 0.2) is 0 Å². The number of hydrogen-bond acceptors (Lipinski definition) is 4. The summed E-state index contributed by atoms with van der Waals surface area (Å²) < 4.78 is 0. The number of H-pyrrole nitrogens is 1. The van der Waals surface area contributed by atoms with E-state index in [-0.39, 0.29) is 11.7 Å². The van der Waals surface area contributed by atoms with E-state index in [1.54, 1.807) is 0 Å². The maximum atomic E-state index is 11.5. The molecule has 1 aromatic heterocycles. The van der Waals surface area contributed by atoms with Crippen LogP contribution < -0.4 is 5.32 Å². The van der Waals surface area contributed by atoms with E-state index in [0.717, 1.165) is 13.0 Å². The van der Waals surface area contributed by atoms with Gasteiger partial charge in [-0.1, -0.05) is 13.3 Å². The van der Waals surface area contributed by atoms with Crippen LogP contribution in [0.3, 0.4) is 0 Å². The second-order valence-electron chi connectivity index (χ2n) is 4.17. The predicted molar refractivity (Wildman–Crippen MR) is 53.1 cm³/mol. The van der Waals surface area contributed by atoms with Gasteiger partial charge in [-0.05, 0) is 29.9 Å². The van der Waals surface area contributed by atoms with Crippen LogP contribution in [0.5, 0.6) is 0 Å². The maximum Gasteiger partial charge on any atom is 0.292 e. The zero-order valence-corrected chi connectivity index (χ0v) is 8.79. The third-order valence-corrected chi connectivity index (χ3v) is 2.91. The van der Waals surface area contributed by atoms with Crippen molar-refractivity contribution in [2.24, 2.45) is 5.41 Å². The van der Waals surface area contributed by atoms with Crippen LogP contribution in [0.1, 0.15) is 43.2 Å². The Hall–Kier alpha value is -1.46. The normalized spacial score (nSPS) is 17.4. The molecule has 1 aromatic rings. The highest BCUT2D eigenvalue weighted by Crippen LogP contribution is 2.48. The summed E-state index contributed by atoms with van der Waals surface area (Å²) in [5, 5.41) is 15.7. The van der Waals surface area contributed by atoms with Gasteiger partial charge in [0.05, 0.1) is 0 Å². The highest BCUT2D eigenvalue weighted by atomic mass is 16.2. The van der Waals surface area contributed by atoms with Crippen molar-refractivity contribution in [3.05, 3.63) is 5.82 Å². The fourth-order valence-electron chi connectivity index (χ4n) is 1.83. The Balaban J connectivity index is 1.81. The maximum absolute atomic E-state index is 11.5. The molecule has 6 nitrogen and oxygen atoms in total. The lowest BCUT2D eigenvalue weighted by atomic mass is 10.0. The standard InChI is InChI=1S/C9H15N5O/c1-2-3-9(4-5-9)6-10-8(15)7-11-13-14-12-7/h2-6H2,1H3,(H,10,15)(H,11,12,13,14). The van der Waals surface area contributed by atoms with Crippen LogP contribution in [-0.2, 0) is 0 Å². The fraction of sp³-hybridized carbons (Fsp3) is 0.778. The zero-order valence-electron chi connectivity index (χ0n) is 8.79. The van der Waals surface area contributed by atoms with Gasteiger partial charge in [-0.3, -0.25) is 4.79 Å². The molecule has 6 heteroatoms. The SMILES string of the molecule is CCCC1(CNC(=O)c2nn[nH]n2)CC1. The number of carbonyl (C=O) groups is 1. The van der Waals surface area contributed by atoms with Crippen LogP contribution in [0, 0.1) is 5.41 Å². The Morgan fingerprint density at radius 1 is 1.60 bits per heavy atom. The van der Waals surface area contributed by atoms with Crippen molar-refractivity contribution in [1.29, 1.82) is 0 Å². The lowest BCUT2D eigenvalue weighted by Gasteiger charge is -2.13. The number of aromatic nitrogens is 4. The molecule has 15 heavy (non-hydrogen) atoms. The predicted octanol–water partition coefficient (Wildman–Crippen LogP) is 0.510. The van der Waals surface area contributed by atoms with E-state index in [9.17, 15) is 4.79 Å². The summed E-state index contributed by atoms with van der Waals surface area (Å²) in [7, 11) is 0. The second-order valence-corrected chi connectivity index (χ2v) is 4.17. The number of tetrazole rings is 1. The lowest BCUT2D eigenvalue weighted by Crippen LogP contribution is -2.31. The van der Waals surface area contributed by atoms with Gasteiger partial charge in [-0.25, -0.2) is 0 Å². The fourth-order valence-corrected chi connectivity index (χ4v) is 1.83. The van der Waals surface area contributed by atoms with Gasteiger partial charge in [-0.2, -0.15) is 5.21 Å². The topological polar surface area (TPSA) is 83.6 Å². The van der Waals surface area contributed by atoms with Crippen LogP contribution in [0.2, 0.25) is 0 Å². The molecule has 2 N–H and O–H groups in total. The molecule has 0 atom stereocenters. The molecular weight excluding hydrogens is 194 g/mol. The first-order valence-electron chi connectivity index (χ1n) is 5.27. The molecule has 1 saturated carbocycles. The van der Waals surface area contributed by atoms with E-state index in [0.29, 0.717) is 5.41 Å². The van der Waals surface area contributed by atoms with Crippen molar-refractivity contribution >= 4 is 5.91 Å². The Kier molecular flexibility index (Phi) is 2.66. The molecule has 0 spiro atoms. The van der Waals surface area contributed by atoms with Crippen LogP contribution in [0.15, 0.2) is 0 Å². The van der Waals surface area contributed by atoms with Crippen molar-refractivity contribution in [1.82, 2.24) is 25.9 Å². The molecular formula is C9H15N5O. The first-order valence-corrected chi connectivity index (χ1v) is 5.27. The van der Waals surface area contributed by atoms with E-state index < -0.39 is 0 Å².